The van der Waals surface area contributed by atoms with Crippen molar-refractivity contribution in [2.24, 2.45) is 0 Å². The number of hydrogen-bond donors (Lipinski definition) is 1. The van der Waals surface area contributed by atoms with Crippen molar-refractivity contribution in [2.45, 2.75) is 13.0 Å². The van der Waals surface area contributed by atoms with Crippen molar-refractivity contribution in [3.05, 3.63) is 55.5 Å². The van der Waals surface area contributed by atoms with Gasteiger partial charge in [-0.3, -0.25) is 9.59 Å². The monoisotopic (exact) mass is 340 g/mol. The van der Waals surface area contributed by atoms with E-state index in [0.29, 0.717) is 6.54 Å². The van der Waals surface area contributed by atoms with E-state index in [9.17, 15) is 9.59 Å². The molecule has 0 bridgehead atoms. The third kappa shape index (κ3) is 4.33. The van der Waals surface area contributed by atoms with Crippen LogP contribution in [-0.2, 0) is 17.8 Å². The smallest absolute Gasteiger partial charge is 0.250 e. The molecule has 0 aliphatic carbocycles. The lowest BCUT2D eigenvalue weighted by atomic mass is 10.3. The van der Waals surface area contributed by atoms with Crippen molar-refractivity contribution in [1.29, 1.82) is 0 Å². The largest absolute Gasteiger partial charge is 0.354 e. The van der Waals surface area contributed by atoms with Gasteiger partial charge in [0.05, 0.1) is 3.79 Å². The number of halogens is 1. The summed E-state index contributed by atoms with van der Waals surface area (Å²) in [4.78, 5) is 24.3. The molecule has 2 rings (SSSR count). The lowest BCUT2D eigenvalue weighted by molar-refractivity contribution is -0.121. The average Bonchev–Trinajstić information content (AvgIpc) is 2.78. The zero-order valence-corrected chi connectivity index (χ0v) is 12.5. The predicted molar refractivity (Wildman–Crippen MR) is 79.4 cm³/mol. The molecule has 0 aliphatic rings. The molecule has 0 radical (unpaired) electrons. The second-order valence-corrected chi connectivity index (χ2v) is 6.52. The van der Waals surface area contributed by atoms with Crippen molar-refractivity contribution in [2.75, 3.05) is 6.54 Å². The first kappa shape index (κ1) is 14.0. The molecule has 0 spiro atoms. The van der Waals surface area contributed by atoms with E-state index in [-0.39, 0.29) is 18.0 Å². The van der Waals surface area contributed by atoms with Gasteiger partial charge < -0.3 is 9.88 Å². The van der Waals surface area contributed by atoms with Crippen LogP contribution in [0.5, 0.6) is 0 Å². The highest BCUT2D eigenvalue weighted by molar-refractivity contribution is 9.11. The number of thiophene rings is 1. The van der Waals surface area contributed by atoms with Crippen LogP contribution >= 0.6 is 27.3 Å². The van der Waals surface area contributed by atoms with Gasteiger partial charge >= 0.3 is 0 Å². The minimum absolute atomic E-state index is 0.0633. The quantitative estimate of drug-likeness (QED) is 0.905. The summed E-state index contributed by atoms with van der Waals surface area (Å²) >= 11 is 5.05. The summed E-state index contributed by atoms with van der Waals surface area (Å²) in [6.45, 7) is 0.640. The van der Waals surface area contributed by atoms with Crippen LogP contribution in [0.25, 0.3) is 0 Å². The fraction of sp³-hybridized carbons (Fsp3) is 0.231. The molecule has 0 saturated carbocycles. The number of nitrogens with zero attached hydrogens (tertiary/aromatic N) is 1. The van der Waals surface area contributed by atoms with E-state index in [1.165, 1.54) is 15.5 Å². The fourth-order valence-corrected chi connectivity index (χ4v) is 3.10. The van der Waals surface area contributed by atoms with Crippen LogP contribution in [0.1, 0.15) is 4.88 Å². The van der Waals surface area contributed by atoms with Crippen LogP contribution in [0.3, 0.4) is 0 Å². The van der Waals surface area contributed by atoms with Gasteiger partial charge in [0.25, 0.3) is 5.56 Å². The van der Waals surface area contributed by atoms with Gasteiger partial charge in [-0.1, -0.05) is 6.07 Å². The predicted octanol–water partition coefficient (Wildman–Crippen LogP) is 2.03. The first-order valence-electron chi connectivity index (χ1n) is 5.81. The number of carbonyl (C=O) groups excluding carboxylic acids is 1. The van der Waals surface area contributed by atoms with E-state index in [2.05, 4.69) is 21.2 Å². The number of pyridine rings is 1. The van der Waals surface area contributed by atoms with Gasteiger partial charge in [0, 0.05) is 23.7 Å². The number of carbonyl (C=O) groups is 1. The van der Waals surface area contributed by atoms with E-state index < -0.39 is 0 Å². The van der Waals surface area contributed by atoms with Crippen molar-refractivity contribution >= 4 is 33.2 Å². The van der Waals surface area contributed by atoms with Gasteiger partial charge in [-0.2, -0.15) is 0 Å². The van der Waals surface area contributed by atoms with Gasteiger partial charge in [-0.15, -0.1) is 11.3 Å². The van der Waals surface area contributed by atoms with Crippen molar-refractivity contribution in [3.63, 3.8) is 0 Å². The van der Waals surface area contributed by atoms with Gasteiger partial charge in [-0.25, -0.2) is 0 Å². The Balaban J connectivity index is 1.79. The normalized spacial score (nSPS) is 10.4. The second kappa shape index (κ2) is 6.68. The molecule has 0 aliphatic heterocycles. The number of rotatable bonds is 5. The lowest BCUT2D eigenvalue weighted by Gasteiger charge is -2.06. The third-order valence-electron chi connectivity index (χ3n) is 2.54. The highest BCUT2D eigenvalue weighted by Crippen LogP contribution is 2.21. The Morgan fingerprint density at radius 2 is 2.16 bits per heavy atom. The number of nitrogens with one attached hydrogen (secondary N) is 1. The molecule has 4 nitrogen and oxygen atoms in total. The standard InChI is InChI=1S/C13H13BrN2O2S/c14-11-5-4-10(19-11)6-7-15-12(17)9-16-8-2-1-3-13(16)18/h1-5,8H,6-7,9H2,(H,15,17). The van der Waals surface area contributed by atoms with E-state index in [4.69, 9.17) is 0 Å². The van der Waals surface area contributed by atoms with Crippen LogP contribution in [0.4, 0.5) is 0 Å². The maximum Gasteiger partial charge on any atom is 0.250 e. The van der Waals surface area contributed by atoms with E-state index in [1.807, 2.05) is 12.1 Å². The van der Waals surface area contributed by atoms with Crippen molar-refractivity contribution < 1.29 is 4.79 Å². The zero-order chi connectivity index (χ0) is 13.7. The maximum absolute atomic E-state index is 11.7. The minimum atomic E-state index is -0.167. The van der Waals surface area contributed by atoms with Crippen LogP contribution in [-0.4, -0.2) is 17.0 Å². The van der Waals surface area contributed by atoms with E-state index in [1.54, 1.807) is 29.7 Å². The van der Waals surface area contributed by atoms with Crippen LogP contribution < -0.4 is 10.9 Å². The molecule has 2 aromatic rings. The Kier molecular flexibility index (Phi) is 4.93. The molecule has 100 valence electrons. The van der Waals surface area contributed by atoms with Crippen molar-refractivity contribution in [3.8, 4) is 0 Å². The third-order valence-corrected chi connectivity index (χ3v) is 4.22. The highest BCUT2D eigenvalue weighted by atomic mass is 79.9. The molecule has 1 amide bonds. The first-order chi connectivity index (χ1) is 9.15. The van der Waals surface area contributed by atoms with Crippen LogP contribution in [0.2, 0.25) is 0 Å². The first-order valence-corrected chi connectivity index (χ1v) is 7.42. The van der Waals surface area contributed by atoms with Crippen LogP contribution in [0, 0.1) is 0 Å². The Morgan fingerprint density at radius 3 is 2.84 bits per heavy atom. The summed E-state index contributed by atoms with van der Waals surface area (Å²) in [5, 5.41) is 2.81. The second-order valence-electron chi connectivity index (χ2n) is 3.97. The Bertz CT molecular complexity index is 621. The van der Waals surface area contributed by atoms with Crippen molar-refractivity contribution in [1.82, 2.24) is 9.88 Å². The lowest BCUT2D eigenvalue weighted by Crippen LogP contribution is -2.32. The number of amides is 1. The molecule has 0 aromatic carbocycles. The van der Waals surface area contributed by atoms with Gasteiger partial charge in [0.1, 0.15) is 6.54 Å². The summed E-state index contributed by atoms with van der Waals surface area (Å²) in [5.41, 5.74) is -0.167. The molecule has 0 fully saturated rings. The van der Waals surface area contributed by atoms with E-state index >= 15 is 0 Å². The minimum Gasteiger partial charge on any atom is -0.354 e. The van der Waals surface area contributed by atoms with Crippen LogP contribution in [0.15, 0.2) is 45.1 Å². The molecular weight excluding hydrogens is 328 g/mol. The highest BCUT2D eigenvalue weighted by Gasteiger charge is 2.04. The average molecular weight is 341 g/mol. The van der Waals surface area contributed by atoms with Gasteiger partial charge in [0.2, 0.25) is 5.91 Å². The summed E-state index contributed by atoms with van der Waals surface area (Å²) in [5.74, 6) is -0.149. The molecule has 2 heterocycles. The molecule has 6 heteroatoms. The fourth-order valence-electron chi connectivity index (χ4n) is 1.61. The Morgan fingerprint density at radius 1 is 1.32 bits per heavy atom. The summed E-state index contributed by atoms with van der Waals surface area (Å²) in [6.07, 6.45) is 2.41. The molecule has 19 heavy (non-hydrogen) atoms. The SMILES string of the molecule is O=C(Cn1ccccc1=O)NCCc1ccc(Br)s1. The van der Waals surface area contributed by atoms with E-state index in [0.717, 1.165) is 10.2 Å². The van der Waals surface area contributed by atoms with Gasteiger partial charge in [0.15, 0.2) is 0 Å². The zero-order valence-electron chi connectivity index (χ0n) is 10.1. The molecule has 1 N–H and O–H groups in total. The Hall–Kier alpha value is -1.40. The molecule has 0 atom stereocenters. The number of hydrogen-bond acceptors (Lipinski definition) is 3. The Labute approximate surface area is 123 Å². The summed E-state index contributed by atoms with van der Waals surface area (Å²) < 4.78 is 2.47. The van der Waals surface area contributed by atoms with Gasteiger partial charge in [-0.05, 0) is 40.5 Å². The maximum atomic E-state index is 11.7. The molecule has 0 unspecified atom stereocenters. The summed E-state index contributed by atoms with van der Waals surface area (Å²) in [6, 6.07) is 8.85. The molecular formula is C13H13BrN2O2S. The topological polar surface area (TPSA) is 51.1 Å². The molecule has 2 aromatic heterocycles. The number of aromatic nitrogens is 1. The summed E-state index contributed by atoms with van der Waals surface area (Å²) in [7, 11) is 0. The molecule has 0 saturated heterocycles.